The van der Waals surface area contributed by atoms with Crippen LogP contribution in [0.4, 0.5) is 0 Å². The van der Waals surface area contributed by atoms with Crippen LogP contribution in [0.15, 0.2) is 18.2 Å². The second-order valence-corrected chi connectivity index (χ2v) is 6.58. The number of carboxylic acid groups (broad SMARTS) is 1. The van der Waals surface area contributed by atoms with Crippen LogP contribution in [0, 0.1) is 0 Å². The monoisotopic (exact) mass is 384 g/mol. The molecule has 144 valence electrons. The van der Waals surface area contributed by atoms with E-state index < -0.39 is 12.0 Å². The Morgan fingerprint density at radius 1 is 1.31 bits per heavy atom. The van der Waals surface area contributed by atoms with E-state index in [2.05, 4.69) is 0 Å². The van der Waals surface area contributed by atoms with Crippen molar-refractivity contribution in [1.82, 2.24) is 9.80 Å². The third kappa shape index (κ3) is 4.22. The van der Waals surface area contributed by atoms with Crippen LogP contribution >= 0.6 is 12.4 Å². The number of nitrogens with zero attached hydrogens (tertiary/aromatic N) is 2. The first-order valence-corrected chi connectivity index (χ1v) is 8.59. The van der Waals surface area contributed by atoms with Crippen LogP contribution in [0.3, 0.4) is 0 Å². The van der Waals surface area contributed by atoms with Crippen LogP contribution < -0.4 is 9.47 Å². The highest BCUT2D eigenvalue weighted by atomic mass is 35.5. The van der Waals surface area contributed by atoms with Crippen molar-refractivity contribution in [3.63, 3.8) is 0 Å². The van der Waals surface area contributed by atoms with Gasteiger partial charge in [-0.3, -0.25) is 14.5 Å². The summed E-state index contributed by atoms with van der Waals surface area (Å²) in [6.45, 7) is 3.44. The lowest BCUT2D eigenvalue weighted by Gasteiger charge is -2.29. The van der Waals surface area contributed by atoms with Gasteiger partial charge in [0.1, 0.15) is 19.3 Å². The van der Waals surface area contributed by atoms with Gasteiger partial charge in [0.25, 0.3) is 0 Å². The summed E-state index contributed by atoms with van der Waals surface area (Å²) < 4.78 is 11.2. The first-order valence-electron chi connectivity index (χ1n) is 8.59. The van der Waals surface area contributed by atoms with Gasteiger partial charge in [0.05, 0.1) is 12.6 Å². The Labute approximate surface area is 159 Å². The molecule has 1 N–H and O–H groups in total. The number of amides is 1. The molecule has 1 fully saturated rings. The topological polar surface area (TPSA) is 79.3 Å². The largest absolute Gasteiger partial charge is 0.486 e. The summed E-state index contributed by atoms with van der Waals surface area (Å²) >= 11 is 0. The number of likely N-dealkylation sites (tertiary alicyclic amines) is 1. The van der Waals surface area contributed by atoms with Crippen molar-refractivity contribution in [3.05, 3.63) is 23.8 Å². The summed E-state index contributed by atoms with van der Waals surface area (Å²) in [5, 5.41) is 9.08. The molecule has 1 aromatic carbocycles. The highest BCUT2D eigenvalue weighted by molar-refractivity contribution is 5.85. The molecule has 0 spiro atoms. The summed E-state index contributed by atoms with van der Waals surface area (Å²) in [5.41, 5.74) is 1.03. The van der Waals surface area contributed by atoms with E-state index in [1.807, 2.05) is 23.1 Å². The van der Waals surface area contributed by atoms with Crippen LogP contribution in [-0.2, 0) is 9.59 Å². The number of benzene rings is 1. The highest BCUT2D eigenvalue weighted by Gasteiger charge is 2.32. The van der Waals surface area contributed by atoms with Crippen molar-refractivity contribution in [2.24, 2.45) is 0 Å². The molecule has 2 heterocycles. The van der Waals surface area contributed by atoms with Crippen LogP contribution in [-0.4, -0.2) is 66.2 Å². The van der Waals surface area contributed by atoms with Gasteiger partial charge in [-0.15, -0.1) is 12.4 Å². The average molecular weight is 385 g/mol. The Hall–Kier alpha value is -1.99. The van der Waals surface area contributed by atoms with Crippen LogP contribution in [0.2, 0.25) is 0 Å². The van der Waals surface area contributed by atoms with Crippen molar-refractivity contribution >= 4 is 24.3 Å². The fourth-order valence-corrected chi connectivity index (χ4v) is 3.31. The highest BCUT2D eigenvalue weighted by Crippen LogP contribution is 2.38. The van der Waals surface area contributed by atoms with E-state index in [1.165, 1.54) is 0 Å². The normalized spacial score (nSPS) is 19.8. The van der Waals surface area contributed by atoms with Gasteiger partial charge in [0, 0.05) is 6.54 Å². The predicted molar refractivity (Wildman–Crippen MR) is 98.1 cm³/mol. The molecule has 2 aliphatic heterocycles. The van der Waals surface area contributed by atoms with Gasteiger partial charge < -0.3 is 19.5 Å². The van der Waals surface area contributed by atoms with Gasteiger partial charge in [-0.05, 0) is 44.5 Å². The van der Waals surface area contributed by atoms with Gasteiger partial charge >= 0.3 is 5.97 Å². The van der Waals surface area contributed by atoms with Crippen molar-refractivity contribution in [2.45, 2.75) is 31.8 Å². The van der Waals surface area contributed by atoms with E-state index in [0.29, 0.717) is 19.8 Å². The maximum atomic E-state index is 12.7. The van der Waals surface area contributed by atoms with E-state index in [9.17, 15) is 9.59 Å². The van der Waals surface area contributed by atoms with Gasteiger partial charge in [-0.2, -0.15) is 0 Å². The number of ether oxygens (including phenoxy) is 2. The molecule has 8 heteroatoms. The number of rotatable bonds is 5. The van der Waals surface area contributed by atoms with Gasteiger partial charge in [-0.25, -0.2) is 0 Å². The number of likely N-dealkylation sites (N-methyl/N-ethyl adjacent to an activating group) is 1. The molecule has 0 radical (unpaired) electrons. The second kappa shape index (κ2) is 8.60. The molecular weight excluding hydrogens is 360 g/mol. The maximum absolute atomic E-state index is 12.7. The van der Waals surface area contributed by atoms with E-state index in [-0.39, 0.29) is 30.9 Å². The molecule has 2 unspecified atom stereocenters. The molecule has 0 saturated carbocycles. The fourth-order valence-electron chi connectivity index (χ4n) is 3.31. The summed E-state index contributed by atoms with van der Waals surface area (Å²) in [4.78, 5) is 27.2. The summed E-state index contributed by atoms with van der Waals surface area (Å²) in [7, 11) is 1.66. The zero-order valence-electron chi connectivity index (χ0n) is 15.0. The molecule has 1 amide bonds. The predicted octanol–water partition coefficient (Wildman–Crippen LogP) is 1.95. The zero-order valence-corrected chi connectivity index (χ0v) is 15.8. The number of fused-ring (bicyclic) bond motifs is 1. The Morgan fingerprint density at radius 3 is 2.69 bits per heavy atom. The first kappa shape index (κ1) is 20.3. The van der Waals surface area contributed by atoms with E-state index in [0.717, 1.165) is 29.9 Å². The van der Waals surface area contributed by atoms with E-state index >= 15 is 0 Å². The Kier molecular flexibility index (Phi) is 6.72. The molecular formula is C18H25ClN2O5. The molecule has 1 aromatic rings. The van der Waals surface area contributed by atoms with Crippen LogP contribution in [0.25, 0.3) is 0 Å². The van der Waals surface area contributed by atoms with Crippen molar-refractivity contribution in [2.75, 3.05) is 33.4 Å². The molecule has 7 nitrogen and oxygen atoms in total. The summed E-state index contributed by atoms with van der Waals surface area (Å²) in [6, 6.07) is 5.13. The van der Waals surface area contributed by atoms with Crippen molar-refractivity contribution in [1.29, 1.82) is 0 Å². The van der Waals surface area contributed by atoms with E-state index in [1.54, 1.807) is 18.9 Å². The minimum absolute atomic E-state index is 0. The number of carbonyl (C=O) groups excluding carboxylic acids is 1. The molecule has 0 aromatic heterocycles. The van der Waals surface area contributed by atoms with Gasteiger partial charge in [0.15, 0.2) is 11.5 Å². The minimum atomic E-state index is -0.930. The van der Waals surface area contributed by atoms with Crippen molar-refractivity contribution < 1.29 is 24.2 Å². The summed E-state index contributed by atoms with van der Waals surface area (Å²) in [6.07, 6.45) is 1.83. The molecule has 0 bridgehead atoms. The molecule has 2 atom stereocenters. The molecule has 0 aliphatic carbocycles. The number of carbonyl (C=O) groups is 2. The van der Waals surface area contributed by atoms with Crippen LogP contribution in [0.5, 0.6) is 11.5 Å². The van der Waals surface area contributed by atoms with Gasteiger partial charge in [0.2, 0.25) is 5.91 Å². The molecule has 3 rings (SSSR count). The fraction of sp³-hybridized carbons (Fsp3) is 0.556. The number of hydrogen-bond donors (Lipinski definition) is 1. The second-order valence-electron chi connectivity index (χ2n) is 6.58. The lowest BCUT2D eigenvalue weighted by Crippen LogP contribution is -2.44. The van der Waals surface area contributed by atoms with Crippen LogP contribution in [0.1, 0.15) is 31.4 Å². The minimum Gasteiger partial charge on any atom is -0.486 e. The number of hydrogen-bond acceptors (Lipinski definition) is 5. The molecule has 1 saturated heterocycles. The number of carboxylic acids is 1. The third-order valence-corrected chi connectivity index (χ3v) is 4.93. The smallest absolute Gasteiger partial charge is 0.320 e. The Bertz CT molecular complexity index is 669. The quantitative estimate of drug-likeness (QED) is 0.835. The lowest BCUT2D eigenvalue weighted by molar-refractivity contribution is -0.143. The van der Waals surface area contributed by atoms with Crippen molar-refractivity contribution in [3.8, 4) is 11.5 Å². The molecule has 2 aliphatic rings. The van der Waals surface area contributed by atoms with E-state index in [4.69, 9.17) is 14.6 Å². The third-order valence-electron chi connectivity index (χ3n) is 4.93. The maximum Gasteiger partial charge on any atom is 0.320 e. The standard InChI is InChI=1S/C18H24N2O5.ClH/c1-12(18(22)23)19(2)11-17(21)20-7-3-4-14(20)13-5-6-15-16(10-13)25-9-8-24-15;/h5-6,10,12,14H,3-4,7-9,11H2,1-2H3,(H,22,23);1H. The zero-order chi connectivity index (χ0) is 18.0. The van der Waals surface area contributed by atoms with Gasteiger partial charge in [-0.1, -0.05) is 6.07 Å². The SMILES string of the molecule is CC(C(=O)O)N(C)CC(=O)N1CCCC1c1ccc2c(c1)OCCO2.Cl. The molecule has 26 heavy (non-hydrogen) atoms. The first-order chi connectivity index (χ1) is 12.0. The average Bonchev–Trinajstić information content (AvgIpc) is 3.10. The number of halogens is 1. The summed E-state index contributed by atoms with van der Waals surface area (Å²) in [5.74, 6) is 0.480. The lowest BCUT2D eigenvalue weighted by atomic mass is 10.0. The number of aliphatic carboxylic acids is 1. The Morgan fingerprint density at radius 2 is 2.00 bits per heavy atom. The Balaban J connectivity index is 0.00000243.